The lowest BCUT2D eigenvalue weighted by Gasteiger charge is -2.44. The molecule has 0 spiro atoms. The summed E-state index contributed by atoms with van der Waals surface area (Å²) in [5.41, 5.74) is 0.852. The number of amides is 2. The first-order valence-corrected chi connectivity index (χ1v) is 11.1. The maximum atomic E-state index is 14.2. The molecular formula is C27H29N3O2. The van der Waals surface area contributed by atoms with E-state index in [1.54, 1.807) is 13.2 Å². The Kier molecular flexibility index (Phi) is 6.08. The number of rotatable bonds is 5. The molecular weight excluding hydrogens is 398 g/mol. The van der Waals surface area contributed by atoms with Crippen LogP contribution in [0.2, 0.25) is 0 Å². The number of nitrogens with one attached hydrogen (secondary N) is 1. The normalized spacial score (nSPS) is 18.8. The molecule has 5 heteroatoms. The second-order valence-electron chi connectivity index (χ2n) is 8.56. The third-order valence-electron chi connectivity index (χ3n) is 6.73. The first-order valence-electron chi connectivity index (χ1n) is 11.1. The predicted molar refractivity (Wildman–Crippen MR) is 125 cm³/mol. The van der Waals surface area contributed by atoms with Crippen molar-refractivity contribution in [2.75, 3.05) is 20.1 Å². The van der Waals surface area contributed by atoms with Gasteiger partial charge in [-0.15, -0.1) is 0 Å². The molecule has 4 rings (SSSR count). The standard InChI is InChI=1S/C27H29N3O2/c1-26(21-12-5-3-6-13-21,22-14-7-4-8-15-22)25(32)30-19-11-17-27(20-30,24(31)28-2)23-16-9-10-18-29-23/h3-10,12-16,18H,11,17,19-20H2,1-2H3,(H,28,31)/t27-/m1/s1. The largest absolute Gasteiger partial charge is 0.358 e. The van der Waals surface area contributed by atoms with Crippen LogP contribution in [0.1, 0.15) is 36.6 Å². The molecule has 0 radical (unpaired) electrons. The Labute approximate surface area is 189 Å². The highest BCUT2D eigenvalue weighted by Gasteiger charge is 2.49. The van der Waals surface area contributed by atoms with Crippen LogP contribution < -0.4 is 5.32 Å². The van der Waals surface area contributed by atoms with Crippen molar-refractivity contribution in [1.29, 1.82) is 0 Å². The molecule has 164 valence electrons. The second-order valence-corrected chi connectivity index (χ2v) is 8.56. The molecule has 2 amide bonds. The van der Waals surface area contributed by atoms with E-state index in [4.69, 9.17) is 0 Å². The maximum Gasteiger partial charge on any atom is 0.237 e. The Hall–Kier alpha value is -3.47. The average molecular weight is 428 g/mol. The van der Waals surface area contributed by atoms with E-state index in [-0.39, 0.29) is 11.8 Å². The highest BCUT2D eigenvalue weighted by molar-refractivity contribution is 5.94. The summed E-state index contributed by atoms with van der Waals surface area (Å²) in [6.07, 6.45) is 3.09. The number of hydrogen-bond acceptors (Lipinski definition) is 3. The third-order valence-corrected chi connectivity index (χ3v) is 6.73. The van der Waals surface area contributed by atoms with Crippen LogP contribution in [0.15, 0.2) is 85.1 Å². The molecule has 3 aromatic rings. The van der Waals surface area contributed by atoms with Gasteiger partial charge in [0.1, 0.15) is 5.41 Å². The van der Waals surface area contributed by atoms with Crippen LogP contribution in [0.4, 0.5) is 0 Å². The zero-order valence-electron chi connectivity index (χ0n) is 18.6. The molecule has 1 fully saturated rings. The summed E-state index contributed by atoms with van der Waals surface area (Å²) < 4.78 is 0. The Bertz CT molecular complexity index is 1030. The van der Waals surface area contributed by atoms with Gasteiger partial charge < -0.3 is 10.2 Å². The zero-order valence-corrected chi connectivity index (χ0v) is 18.6. The number of piperidine rings is 1. The van der Waals surface area contributed by atoms with E-state index in [0.29, 0.717) is 25.2 Å². The number of hydrogen-bond donors (Lipinski definition) is 1. The topological polar surface area (TPSA) is 62.3 Å². The van der Waals surface area contributed by atoms with Crippen LogP contribution in [0.3, 0.4) is 0 Å². The van der Waals surface area contributed by atoms with E-state index in [1.807, 2.05) is 90.7 Å². The number of carbonyl (C=O) groups excluding carboxylic acids is 2. The van der Waals surface area contributed by atoms with Gasteiger partial charge >= 0.3 is 0 Å². The van der Waals surface area contributed by atoms with Crippen molar-refractivity contribution < 1.29 is 9.59 Å². The van der Waals surface area contributed by atoms with Gasteiger partial charge in [-0.1, -0.05) is 66.7 Å². The molecule has 2 heterocycles. The first-order chi connectivity index (χ1) is 15.5. The molecule has 0 bridgehead atoms. The summed E-state index contributed by atoms with van der Waals surface area (Å²) >= 11 is 0. The van der Waals surface area contributed by atoms with E-state index in [0.717, 1.165) is 17.5 Å². The number of pyridine rings is 1. The number of likely N-dealkylation sites (tertiary alicyclic amines) is 1. The smallest absolute Gasteiger partial charge is 0.237 e. The van der Waals surface area contributed by atoms with Crippen LogP contribution in [0.25, 0.3) is 0 Å². The molecule has 0 unspecified atom stereocenters. The first kappa shape index (κ1) is 21.8. The van der Waals surface area contributed by atoms with Crippen molar-refractivity contribution >= 4 is 11.8 Å². The van der Waals surface area contributed by atoms with Crippen molar-refractivity contribution in [3.63, 3.8) is 0 Å². The summed E-state index contributed by atoms with van der Waals surface area (Å²) in [5, 5.41) is 2.82. The monoisotopic (exact) mass is 427 g/mol. The lowest BCUT2D eigenvalue weighted by Crippen LogP contribution is -2.58. The second kappa shape index (κ2) is 8.95. The van der Waals surface area contributed by atoms with Gasteiger partial charge in [0.2, 0.25) is 11.8 Å². The Morgan fingerprint density at radius 2 is 1.53 bits per heavy atom. The minimum absolute atomic E-state index is 0.00110. The molecule has 5 nitrogen and oxygen atoms in total. The molecule has 1 aromatic heterocycles. The molecule has 32 heavy (non-hydrogen) atoms. The Morgan fingerprint density at radius 3 is 2.06 bits per heavy atom. The van der Waals surface area contributed by atoms with Gasteiger partial charge in [-0.2, -0.15) is 0 Å². The Morgan fingerprint density at radius 1 is 0.938 bits per heavy atom. The number of aromatic nitrogens is 1. The van der Waals surface area contributed by atoms with Crippen molar-refractivity contribution in [3.05, 3.63) is 102 Å². The van der Waals surface area contributed by atoms with Gasteiger partial charge in [-0.25, -0.2) is 0 Å². The molecule has 1 N–H and O–H groups in total. The van der Waals surface area contributed by atoms with Gasteiger partial charge in [0.05, 0.1) is 11.1 Å². The van der Waals surface area contributed by atoms with Gasteiger partial charge in [0.15, 0.2) is 0 Å². The predicted octanol–water partition coefficient (Wildman–Crippen LogP) is 3.69. The zero-order chi connectivity index (χ0) is 22.6. The van der Waals surface area contributed by atoms with Crippen LogP contribution in [0, 0.1) is 0 Å². The molecule has 0 aliphatic carbocycles. The fourth-order valence-electron chi connectivity index (χ4n) is 4.90. The molecule has 2 aromatic carbocycles. The maximum absolute atomic E-state index is 14.2. The van der Waals surface area contributed by atoms with Crippen molar-refractivity contribution in [1.82, 2.24) is 15.2 Å². The van der Waals surface area contributed by atoms with Crippen molar-refractivity contribution in [2.45, 2.75) is 30.6 Å². The quantitative estimate of drug-likeness (QED) is 0.675. The van der Waals surface area contributed by atoms with E-state index >= 15 is 0 Å². The minimum Gasteiger partial charge on any atom is -0.358 e. The summed E-state index contributed by atoms with van der Waals surface area (Å²) in [5.74, 6) is -0.103. The van der Waals surface area contributed by atoms with Gasteiger partial charge in [-0.05, 0) is 43.0 Å². The average Bonchev–Trinajstić information content (AvgIpc) is 2.88. The molecule has 1 aliphatic rings. The third kappa shape index (κ3) is 3.68. The number of likely N-dealkylation sites (N-methyl/N-ethyl adjacent to an activating group) is 1. The lowest BCUT2D eigenvalue weighted by molar-refractivity contribution is -0.140. The summed E-state index contributed by atoms with van der Waals surface area (Å²) in [7, 11) is 1.64. The highest BCUT2D eigenvalue weighted by Crippen LogP contribution is 2.38. The fourth-order valence-corrected chi connectivity index (χ4v) is 4.90. The van der Waals surface area contributed by atoms with Gasteiger partial charge in [-0.3, -0.25) is 14.6 Å². The van der Waals surface area contributed by atoms with Crippen LogP contribution in [0.5, 0.6) is 0 Å². The van der Waals surface area contributed by atoms with Crippen LogP contribution in [-0.2, 0) is 20.4 Å². The van der Waals surface area contributed by atoms with Gasteiger partial charge in [0, 0.05) is 26.3 Å². The van der Waals surface area contributed by atoms with Crippen LogP contribution in [-0.4, -0.2) is 41.8 Å². The molecule has 0 saturated carbocycles. The van der Waals surface area contributed by atoms with E-state index in [1.165, 1.54) is 0 Å². The summed E-state index contributed by atoms with van der Waals surface area (Å²) in [6.45, 7) is 2.90. The van der Waals surface area contributed by atoms with Gasteiger partial charge in [0.25, 0.3) is 0 Å². The number of nitrogens with zero attached hydrogens (tertiary/aromatic N) is 2. The SMILES string of the molecule is CNC(=O)[C@]1(c2ccccn2)CCCN(C(=O)C(C)(c2ccccc2)c2ccccc2)C1. The number of benzene rings is 2. The molecule has 1 aliphatic heterocycles. The fraction of sp³-hybridized carbons (Fsp3) is 0.296. The van der Waals surface area contributed by atoms with E-state index in [9.17, 15) is 9.59 Å². The summed E-state index contributed by atoms with van der Waals surface area (Å²) in [4.78, 5) is 33.8. The van der Waals surface area contributed by atoms with Crippen molar-refractivity contribution in [3.8, 4) is 0 Å². The van der Waals surface area contributed by atoms with Crippen molar-refractivity contribution in [2.24, 2.45) is 0 Å². The lowest BCUT2D eigenvalue weighted by atomic mass is 9.72. The van der Waals surface area contributed by atoms with E-state index in [2.05, 4.69) is 10.3 Å². The molecule has 1 saturated heterocycles. The Balaban J connectivity index is 1.77. The summed E-state index contributed by atoms with van der Waals surface area (Å²) in [6, 6.07) is 25.4. The number of carbonyl (C=O) groups is 2. The highest BCUT2D eigenvalue weighted by atomic mass is 16.2. The minimum atomic E-state index is -0.863. The van der Waals surface area contributed by atoms with Crippen LogP contribution >= 0.6 is 0 Å². The molecule has 1 atom stereocenters. The van der Waals surface area contributed by atoms with E-state index < -0.39 is 10.8 Å².